The second-order valence-electron chi connectivity index (χ2n) is 27.2. The Kier molecular flexibility index (Phi) is 16.0. The minimum atomic E-state index is -1.03. The lowest BCUT2D eigenvalue weighted by Crippen LogP contribution is -2.58. The van der Waals surface area contributed by atoms with Gasteiger partial charge < -0.3 is 35.2 Å². The molecular formula is C68H81FN12O8. The average Bonchev–Trinajstić information content (AvgIpc) is 1.45. The van der Waals surface area contributed by atoms with Crippen LogP contribution in [0, 0.1) is 24.1 Å². The van der Waals surface area contributed by atoms with Gasteiger partial charge in [0, 0.05) is 73.0 Å². The molecule has 1 unspecified atom stereocenters. The molecule has 6 fully saturated rings. The van der Waals surface area contributed by atoms with E-state index in [0.717, 1.165) is 86.4 Å². The van der Waals surface area contributed by atoms with Crippen LogP contribution in [0.25, 0.3) is 22.3 Å². The second kappa shape index (κ2) is 23.8. The summed E-state index contributed by atoms with van der Waals surface area (Å²) in [5.41, 5.74) is 6.08. The molecule has 4 N–H and O–H groups in total. The predicted molar refractivity (Wildman–Crippen MR) is 333 cm³/mol. The van der Waals surface area contributed by atoms with Crippen LogP contribution in [-0.2, 0) is 35.8 Å². The number of halogens is 1. The van der Waals surface area contributed by atoms with Crippen molar-refractivity contribution in [1.82, 2.24) is 50.1 Å². The molecule has 21 heteroatoms. The van der Waals surface area contributed by atoms with Crippen LogP contribution in [0.3, 0.4) is 0 Å². The van der Waals surface area contributed by atoms with E-state index >= 15 is 9.18 Å². The summed E-state index contributed by atoms with van der Waals surface area (Å²) in [6, 6.07) is 15.5. The smallest absolute Gasteiger partial charge is 0.262 e. The molecule has 1 atom stereocenters. The van der Waals surface area contributed by atoms with Gasteiger partial charge in [0.25, 0.3) is 17.7 Å². The average molecular weight is 1210 g/mol. The van der Waals surface area contributed by atoms with Crippen LogP contribution < -0.4 is 26.2 Å². The Labute approximate surface area is 518 Å². The molecule has 2 saturated carbocycles. The third kappa shape index (κ3) is 11.1. The van der Waals surface area contributed by atoms with Crippen LogP contribution in [0.2, 0.25) is 0 Å². The number of anilines is 3. The van der Waals surface area contributed by atoms with Crippen LogP contribution in [-0.4, -0.2) is 158 Å². The highest BCUT2D eigenvalue weighted by Crippen LogP contribution is 2.54. The third-order valence-corrected chi connectivity index (χ3v) is 20.8. The van der Waals surface area contributed by atoms with E-state index in [2.05, 4.69) is 48.1 Å². The Morgan fingerprint density at radius 3 is 2.30 bits per heavy atom. The fraction of sp³-hybridized carbons (Fsp3) is 0.529. The third-order valence-electron chi connectivity index (χ3n) is 20.8. The molecular weight excluding hydrogens is 1130 g/mol. The van der Waals surface area contributed by atoms with Gasteiger partial charge in [0.2, 0.25) is 29.5 Å². The molecule has 13 rings (SSSR count). The van der Waals surface area contributed by atoms with Gasteiger partial charge in [0.1, 0.15) is 17.4 Å². The second-order valence-corrected chi connectivity index (χ2v) is 27.2. The molecule has 8 amide bonds. The number of pyridine rings is 1. The monoisotopic (exact) mass is 1210 g/mol. The van der Waals surface area contributed by atoms with Crippen LogP contribution in [0.15, 0.2) is 60.9 Å². The zero-order valence-electron chi connectivity index (χ0n) is 51.7. The van der Waals surface area contributed by atoms with Crippen molar-refractivity contribution in [1.29, 1.82) is 0 Å². The number of fused-ring (bicyclic) bond motifs is 4. The maximum Gasteiger partial charge on any atom is 0.262 e. The van der Waals surface area contributed by atoms with Crippen molar-refractivity contribution < 1.29 is 42.7 Å². The number of nitrogens with one attached hydrogen (secondary N) is 4. The van der Waals surface area contributed by atoms with Gasteiger partial charge in [0.15, 0.2) is 5.82 Å². The number of amides is 8. The van der Waals surface area contributed by atoms with E-state index < -0.39 is 40.9 Å². The summed E-state index contributed by atoms with van der Waals surface area (Å²) in [4.78, 5) is 127. The number of carbonyl (C=O) groups is 8. The molecule has 0 bridgehead atoms. The minimum Gasteiger partial charge on any atom is -0.356 e. The molecule has 2 aromatic heterocycles. The number of carbonyl (C=O) groups excluding carboxylic acids is 8. The number of hydrogen-bond acceptors (Lipinski definition) is 13. The molecule has 4 saturated heterocycles. The number of likely N-dealkylation sites (tertiary alicyclic amines) is 3. The molecule has 6 aliphatic heterocycles. The summed E-state index contributed by atoms with van der Waals surface area (Å²) in [7, 11) is 0. The zero-order chi connectivity index (χ0) is 62.2. The van der Waals surface area contributed by atoms with Crippen molar-refractivity contribution in [2.75, 3.05) is 62.6 Å². The Morgan fingerprint density at radius 2 is 1.58 bits per heavy atom. The summed E-state index contributed by atoms with van der Waals surface area (Å²) in [5, 5.41) is 11.5. The molecule has 2 aliphatic carbocycles. The standard InChI is InChI=1S/C68H81FN12O8/c1-39(2)72-62(85)48-33-52(50(69)29-41(48)5)74-60-59-53(71-38-79(59)40(3)4)34-51(73-60)43-14-15-49-55(30-43)80(46-31-45(32-46)77-23-7-6-8-24-77)66(89)68(49)20-27-78(28-21-68)57(83)37-76-25-18-67(19-26-76)35-44(36-67)61(84)70-22-10-12-42-11-9-13-47-58(42)65(88)81(64(47)87)54-16-17-56(82)75-63(54)86/h9,11,13-15,29-30,33-34,38-40,44-46,54H,6-8,10,12,16-28,31-32,35-37H2,1-5H3,(H,70,84)(H,72,85)(H,73,74)(H,75,82,86). The fourth-order valence-electron chi connectivity index (χ4n) is 15.7. The molecule has 8 heterocycles. The maximum atomic E-state index is 16.0. The van der Waals surface area contributed by atoms with Crippen molar-refractivity contribution in [3.8, 4) is 11.3 Å². The van der Waals surface area contributed by atoms with Crippen LogP contribution in [0.1, 0.15) is 171 Å². The van der Waals surface area contributed by atoms with Crippen molar-refractivity contribution in [3.05, 3.63) is 100 Å². The Bertz CT molecular complexity index is 3710. The van der Waals surface area contributed by atoms with E-state index in [-0.39, 0.29) is 82.7 Å². The largest absolute Gasteiger partial charge is 0.356 e. The van der Waals surface area contributed by atoms with Gasteiger partial charge in [-0.25, -0.2) is 14.4 Å². The van der Waals surface area contributed by atoms with Gasteiger partial charge in [-0.05, 0) is 197 Å². The van der Waals surface area contributed by atoms with E-state index in [0.29, 0.717) is 97.1 Å². The molecule has 3 aromatic carbocycles. The van der Waals surface area contributed by atoms with Gasteiger partial charge in [0.05, 0.1) is 46.3 Å². The van der Waals surface area contributed by atoms with E-state index in [1.54, 1.807) is 31.5 Å². The van der Waals surface area contributed by atoms with E-state index in [4.69, 9.17) is 9.97 Å². The molecule has 20 nitrogen and oxygen atoms in total. The molecule has 5 aromatic rings. The van der Waals surface area contributed by atoms with Crippen LogP contribution in [0.4, 0.5) is 21.6 Å². The van der Waals surface area contributed by atoms with Crippen molar-refractivity contribution in [3.63, 3.8) is 0 Å². The molecule has 0 radical (unpaired) electrons. The first-order valence-electron chi connectivity index (χ1n) is 32.4. The highest BCUT2D eigenvalue weighted by atomic mass is 19.1. The SMILES string of the molecule is Cc1cc(F)c(Nc2nc(-c3ccc4c(c3)N(C3CC(N5CCCCC5)C3)C(=O)C43CCN(C(=O)CN4CCC5(CC4)CC(C(=O)NCCCc4cccc6c4C(=O)N(C4CCC(=O)NC4=O)C6=O)C5)CC3)cc3ncn(C(C)C)c23)cc1C(=O)NC(C)C. The first-order valence-corrected chi connectivity index (χ1v) is 32.4. The number of rotatable bonds is 16. The van der Waals surface area contributed by atoms with Crippen molar-refractivity contribution in [2.45, 2.75) is 167 Å². The molecule has 2 spiro atoms. The van der Waals surface area contributed by atoms with Crippen molar-refractivity contribution >= 4 is 75.5 Å². The van der Waals surface area contributed by atoms with E-state index in [1.807, 2.05) is 49.3 Å². The molecule has 89 heavy (non-hydrogen) atoms. The van der Waals surface area contributed by atoms with Crippen LogP contribution in [0.5, 0.6) is 0 Å². The summed E-state index contributed by atoms with van der Waals surface area (Å²) < 4.78 is 18.0. The van der Waals surface area contributed by atoms with Crippen molar-refractivity contribution in [2.24, 2.45) is 11.3 Å². The van der Waals surface area contributed by atoms with E-state index in [9.17, 15) is 33.6 Å². The number of piperidine rings is 4. The maximum absolute atomic E-state index is 16.0. The van der Waals surface area contributed by atoms with Gasteiger partial charge in [-0.2, -0.15) is 0 Å². The van der Waals surface area contributed by atoms with Gasteiger partial charge in [-0.15, -0.1) is 0 Å². The normalized spacial score (nSPS) is 22.7. The lowest BCUT2D eigenvalue weighted by atomic mass is 9.57. The van der Waals surface area contributed by atoms with Gasteiger partial charge in [-0.1, -0.05) is 30.7 Å². The Morgan fingerprint density at radius 1 is 0.831 bits per heavy atom. The number of nitrogens with zero attached hydrogens (tertiary/aromatic N) is 8. The number of hydrogen-bond donors (Lipinski definition) is 4. The highest BCUT2D eigenvalue weighted by Gasteiger charge is 2.56. The summed E-state index contributed by atoms with van der Waals surface area (Å²) in [6.07, 6.45) is 12.8. The highest BCUT2D eigenvalue weighted by molar-refractivity contribution is 6.24. The number of imide groups is 2. The number of aromatic nitrogens is 3. The van der Waals surface area contributed by atoms with Crippen LogP contribution >= 0.6 is 0 Å². The lowest BCUT2D eigenvalue weighted by molar-refractivity contribution is -0.139. The number of benzene rings is 3. The number of imidazole rings is 1. The topological polar surface area (TPSA) is 232 Å². The fourth-order valence-corrected chi connectivity index (χ4v) is 15.7. The minimum absolute atomic E-state index is 0.00729. The molecule has 8 aliphatic rings. The summed E-state index contributed by atoms with van der Waals surface area (Å²) >= 11 is 0. The van der Waals surface area contributed by atoms with Gasteiger partial charge >= 0.3 is 0 Å². The number of aryl methyl sites for hydroxylation is 2. The Hall–Kier alpha value is -7.91. The van der Waals surface area contributed by atoms with E-state index in [1.165, 1.54) is 31.4 Å². The first-order chi connectivity index (χ1) is 42.8. The Balaban J connectivity index is 0.643. The lowest BCUT2D eigenvalue weighted by Gasteiger charge is -2.51. The predicted octanol–water partition coefficient (Wildman–Crippen LogP) is 7.87. The first kappa shape index (κ1) is 60.0. The quantitative estimate of drug-likeness (QED) is 0.0545. The van der Waals surface area contributed by atoms with Gasteiger partial charge in [-0.3, -0.25) is 53.5 Å². The molecule has 468 valence electrons. The summed E-state index contributed by atoms with van der Waals surface area (Å²) in [5.74, 6) is -2.48. The zero-order valence-corrected chi connectivity index (χ0v) is 51.7. The summed E-state index contributed by atoms with van der Waals surface area (Å²) in [6.45, 7) is 14.9.